The minimum absolute atomic E-state index is 0.0115. The number of nitrogens with zero attached hydrogens (tertiary/aromatic N) is 1. The Morgan fingerprint density at radius 3 is 2.93 bits per heavy atom. The van der Waals surface area contributed by atoms with E-state index in [1.165, 1.54) is 0 Å². The van der Waals surface area contributed by atoms with E-state index in [2.05, 4.69) is 12.2 Å². The van der Waals surface area contributed by atoms with E-state index in [4.69, 9.17) is 0 Å². The number of piperidine rings is 1. The monoisotopic (exact) mass is 210 g/mol. The second kappa shape index (κ2) is 3.51. The van der Waals surface area contributed by atoms with Crippen LogP contribution >= 0.6 is 0 Å². The van der Waals surface area contributed by atoms with Crippen molar-refractivity contribution in [3.05, 3.63) is 0 Å². The van der Waals surface area contributed by atoms with Crippen molar-refractivity contribution < 1.29 is 9.59 Å². The van der Waals surface area contributed by atoms with Gasteiger partial charge in [-0.05, 0) is 24.7 Å². The summed E-state index contributed by atoms with van der Waals surface area (Å²) in [4.78, 5) is 24.4. The van der Waals surface area contributed by atoms with Crippen LogP contribution in [0.4, 0.5) is 0 Å². The Hall–Kier alpha value is -1.06. The summed E-state index contributed by atoms with van der Waals surface area (Å²) >= 11 is 0. The van der Waals surface area contributed by atoms with Gasteiger partial charge in [-0.15, -0.1) is 0 Å². The van der Waals surface area contributed by atoms with E-state index in [1.54, 1.807) is 4.90 Å². The molecular formula is C11H18N2O2. The number of hydrogen-bond acceptors (Lipinski definition) is 2. The molecule has 4 nitrogen and oxygen atoms in total. The molecule has 2 aliphatic rings. The van der Waals surface area contributed by atoms with Crippen molar-refractivity contribution in [2.45, 2.75) is 45.2 Å². The lowest BCUT2D eigenvalue weighted by Crippen LogP contribution is -2.44. The first-order valence-electron chi connectivity index (χ1n) is 5.63. The third-order valence-electron chi connectivity index (χ3n) is 3.66. The lowest BCUT2D eigenvalue weighted by Gasteiger charge is -2.22. The van der Waals surface area contributed by atoms with Crippen LogP contribution in [0.25, 0.3) is 0 Å². The second-order valence-corrected chi connectivity index (χ2v) is 4.94. The molecule has 2 fully saturated rings. The van der Waals surface area contributed by atoms with Crippen molar-refractivity contribution in [3.8, 4) is 0 Å². The molecule has 1 aliphatic carbocycles. The standard InChI is InChI=1S/C11H18N2O2/c1-3-4-12-10(15)8-5-11(2)6-9(11)13(8)7-14/h7-9H,3-6H2,1-2H3,(H,12,15). The van der Waals surface area contributed by atoms with Crippen molar-refractivity contribution >= 4 is 12.3 Å². The summed E-state index contributed by atoms with van der Waals surface area (Å²) in [5.74, 6) is 0.0115. The average Bonchev–Trinajstić information content (AvgIpc) is 2.79. The zero-order chi connectivity index (χ0) is 11.1. The molecule has 1 saturated heterocycles. The SMILES string of the molecule is CCCNC(=O)C1CC2(C)CC2N1C=O. The van der Waals surface area contributed by atoms with Crippen molar-refractivity contribution in [1.82, 2.24) is 10.2 Å². The van der Waals surface area contributed by atoms with Crippen molar-refractivity contribution in [2.75, 3.05) is 6.54 Å². The molecule has 1 N–H and O–H groups in total. The molecular weight excluding hydrogens is 192 g/mol. The van der Waals surface area contributed by atoms with E-state index in [0.717, 1.165) is 25.7 Å². The smallest absolute Gasteiger partial charge is 0.242 e. The van der Waals surface area contributed by atoms with Gasteiger partial charge in [0.05, 0.1) is 0 Å². The normalized spacial score (nSPS) is 37.3. The van der Waals surface area contributed by atoms with Gasteiger partial charge in [0.15, 0.2) is 0 Å². The Labute approximate surface area is 90.0 Å². The van der Waals surface area contributed by atoms with Crippen LogP contribution in [-0.2, 0) is 9.59 Å². The highest BCUT2D eigenvalue weighted by Gasteiger charge is 2.62. The van der Waals surface area contributed by atoms with Crippen molar-refractivity contribution in [1.29, 1.82) is 0 Å². The number of carbonyl (C=O) groups is 2. The topological polar surface area (TPSA) is 49.4 Å². The van der Waals surface area contributed by atoms with Gasteiger partial charge < -0.3 is 10.2 Å². The highest BCUT2D eigenvalue weighted by Crippen LogP contribution is 2.58. The fourth-order valence-corrected chi connectivity index (χ4v) is 2.57. The number of carbonyl (C=O) groups excluding carboxylic acids is 2. The van der Waals surface area contributed by atoms with E-state index in [9.17, 15) is 9.59 Å². The Morgan fingerprint density at radius 1 is 1.60 bits per heavy atom. The van der Waals surface area contributed by atoms with E-state index in [-0.39, 0.29) is 17.4 Å². The van der Waals surface area contributed by atoms with E-state index in [1.807, 2.05) is 6.92 Å². The molecule has 3 atom stereocenters. The van der Waals surface area contributed by atoms with Crippen molar-refractivity contribution in [2.24, 2.45) is 5.41 Å². The lowest BCUT2D eigenvalue weighted by atomic mass is 10.0. The average molecular weight is 210 g/mol. The zero-order valence-corrected chi connectivity index (χ0v) is 9.32. The summed E-state index contributed by atoms with van der Waals surface area (Å²) in [5, 5.41) is 2.86. The van der Waals surface area contributed by atoms with Gasteiger partial charge in [-0.1, -0.05) is 13.8 Å². The van der Waals surface area contributed by atoms with Gasteiger partial charge in [-0.3, -0.25) is 9.59 Å². The number of nitrogens with one attached hydrogen (secondary N) is 1. The molecule has 2 rings (SSSR count). The fourth-order valence-electron chi connectivity index (χ4n) is 2.57. The number of fused-ring (bicyclic) bond motifs is 1. The van der Waals surface area contributed by atoms with Crippen LogP contribution in [0.3, 0.4) is 0 Å². The molecule has 2 amide bonds. The predicted molar refractivity (Wildman–Crippen MR) is 56.1 cm³/mol. The Balaban J connectivity index is 1.98. The highest BCUT2D eigenvalue weighted by atomic mass is 16.2. The van der Waals surface area contributed by atoms with Gasteiger partial charge in [0.25, 0.3) is 0 Å². The van der Waals surface area contributed by atoms with Gasteiger partial charge in [-0.2, -0.15) is 0 Å². The fraction of sp³-hybridized carbons (Fsp3) is 0.818. The molecule has 0 spiro atoms. The Kier molecular flexibility index (Phi) is 2.44. The molecule has 84 valence electrons. The highest BCUT2D eigenvalue weighted by molar-refractivity contribution is 5.85. The third-order valence-corrected chi connectivity index (χ3v) is 3.66. The lowest BCUT2D eigenvalue weighted by molar-refractivity contribution is -0.132. The Morgan fingerprint density at radius 2 is 2.33 bits per heavy atom. The van der Waals surface area contributed by atoms with Crippen LogP contribution in [0.1, 0.15) is 33.1 Å². The maximum atomic E-state index is 11.8. The maximum absolute atomic E-state index is 11.8. The molecule has 1 heterocycles. The minimum Gasteiger partial charge on any atom is -0.354 e. The molecule has 3 unspecified atom stereocenters. The summed E-state index contributed by atoms with van der Waals surface area (Å²) in [5.41, 5.74) is 0.217. The van der Waals surface area contributed by atoms with Gasteiger partial charge in [0.2, 0.25) is 12.3 Å². The molecule has 0 aromatic carbocycles. The van der Waals surface area contributed by atoms with Crippen LogP contribution in [0, 0.1) is 5.41 Å². The number of hydrogen-bond donors (Lipinski definition) is 1. The first kappa shape index (κ1) is 10.5. The molecule has 15 heavy (non-hydrogen) atoms. The van der Waals surface area contributed by atoms with Crippen LogP contribution in [0.5, 0.6) is 0 Å². The summed E-state index contributed by atoms with van der Waals surface area (Å²) in [6.07, 6.45) is 3.65. The van der Waals surface area contributed by atoms with E-state index < -0.39 is 0 Å². The van der Waals surface area contributed by atoms with Gasteiger partial charge in [-0.25, -0.2) is 0 Å². The predicted octanol–water partition coefficient (Wildman–Crippen LogP) is 0.522. The first-order chi connectivity index (χ1) is 7.12. The van der Waals surface area contributed by atoms with Gasteiger partial charge >= 0.3 is 0 Å². The molecule has 0 bridgehead atoms. The summed E-state index contributed by atoms with van der Waals surface area (Å²) in [6.45, 7) is 4.87. The van der Waals surface area contributed by atoms with Crippen LogP contribution in [0.15, 0.2) is 0 Å². The summed E-state index contributed by atoms with van der Waals surface area (Å²) in [6, 6.07) is 0.0881. The summed E-state index contributed by atoms with van der Waals surface area (Å²) in [7, 11) is 0. The van der Waals surface area contributed by atoms with Gasteiger partial charge in [0, 0.05) is 12.6 Å². The molecule has 0 radical (unpaired) electrons. The largest absolute Gasteiger partial charge is 0.354 e. The molecule has 0 aromatic heterocycles. The van der Waals surface area contributed by atoms with Crippen LogP contribution in [0.2, 0.25) is 0 Å². The number of likely N-dealkylation sites (tertiary alicyclic amines) is 1. The molecule has 1 saturated carbocycles. The third kappa shape index (κ3) is 1.62. The number of amides is 2. The maximum Gasteiger partial charge on any atom is 0.242 e. The Bertz CT molecular complexity index is 292. The van der Waals surface area contributed by atoms with E-state index in [0.29, 0.717) is 12.6 Å². The van der Waals surface area contributed by atoms with Crippen molar-refractivity contribution in [3.63, 3.8) is 0 Å². The number of rotatable bonds is 4. The first-order valence-corrected chi connectivity index (χ1v) is 5.63. The zero-order valence-electron chi connectivity index (χ0n) is 9.32. The second-order valence-electron chi connectivity index (χ2n) is 4.94. The minimum atomic E-state index is -0.224. The van der Waals surface area contributed by atoms with Gasteiger partial charge in [0.1, 0.15) is 6.04 Å². The molecule has 4 heteroatoms. The summed E-state index contributed by atoms with van der Waals surface area (Å²) < 4.78 is 0. The van der Waals surface area contributed by atoms with E-state index >= 15 is 0 Å². The quantitative estimate of drug-likeness (QED) is 0.688. The van der Waals surface area contributed by atoms with Crippen LogP contribution < -0.4 is 5.32 Å². The van der Waals surface area contributed by atoms with Crippen LogP contribution in [-0.4, -0.2) is 35.8 Å². The molecule has 0 aromatic rings. The molecule has 1 aliphatic heterocycles.